The van der Waals surface area contributed by atoms with Gasteiger partial charge in [0.25, 0.3) is 0 Å². The standard InChI is InChI=1S/C19H21N5O2S/c1-24(12-18-22-15-7-2-3-8-17(15)27-18)19(25)21-11-13-10-16(23-26-13)14-6-4-5-9-20-14/h4-6,9-10H,2-3,7-8,11-12H2,1H3,(H,21,25). The van der Waals surface area contributed by atoms with Gasteiger partial charge in [0.05, 0.1) is 24.5 Å². The Kier molecular flexibility index (Phi) is 5.15. The van der Waals surface area contributed by atoms with E-state index in [2.05, 4.69) is 20.4 Å². The monoisotopic (exact) mass is 383 g/mol. The van der Waals surface area contributed by atoms with Gasteiger partial charge in [0.15, 0.2) is 5.76 Å². The predicted octanol–water partition coefficient (Wildman–Crippen LogP) is 3.41. The molecular formula is C19H21N5O2S. The minimum atomic E-state index is -0.168. The third kappa shape index (κ3) is 4.16. The highest BCUT2D eigenvalue weighted by molar-refractivity contribution is 7.11. The molecule has 0 saturated heterocycles. The van der Waals surface area contributed by atoms with E-state index in [0.717, 1.165) is 23.5 Å². The number of fused-ring (bicyclic) bond motifs is 1. The maximum atomic E-state index is 12.4. The molecule has 3 heterocycles. The second-order valence-electron chi connectivity index (χ2n) is 6.59. The second kappa shape index (κ2) is 7.87. The van der Waals surface area contributed by atoms with Gasteiger partial charge in [0.2, 0.25) is 0 Å². The number of urea groups is 1. The first kappa shape index (κ1) is 17.7. The molecule has 0 atom stereocenters. The summed E-state index contributed by atoms with van der Waals surface area (Å²) in [5.41, 5.74) is 2.61. The van der Waals surface area contributed by atoms with Crippen molar-refractivity contribution in [3.05, 3.63) is 51.8 Å². The third-order valence-corrected chi connectivity index (χ3v) is 5.65. The lowest BCUT2D eigenvalue weighted by Crippen LogP contribution is -2.36. The fourth-order valence-corrected chi connectivity index (χ4v) is 4.29. The van der Waals surface area contributed by atoms with Gasteiger partial charge >= 0.3 is 6.03 Å². The van der Waals surface area contributed by atoms with Gasteiger partial charge in [0, 0.05) is 24.2 Å². The molecule has 0 bridgehead atoms. The van der Waals surface area contributed by atoms with E-state index in [4.69, 9.17) is 4.52 Å². The third-order valence-electron chi connectivity index (χ3n) is 4.51. The summed E-state index contributed by atoms with van der Waals surface area (Å²) in [5.74, 6) is 0.585. The van der Waals surface area contributed by atoms with Gasteiger partial charge in [-0.2, -0.15) is 0 Å². The summed E-state index contributed by atoms with van der Waals surface area (Å²) in [6.07, 6.45) is 6.34. The number of amides is 2. The molecule has 8 heteroatoms. The van der Waals surface area contributed by atoms with Crippen LogP contribution in [0.1, 0.15) is 34.2 Å². The summed E-state index contributed by atoms with van der Waals surface area (Å²) >= 11 is 1.73. The molecule has 3 aromatic rings. The molecule has 27 heavy (non-hydrogen) atoms. The lowest BCUT2D eigenvalue weighted by molar-refractivity contribution is 0.205. The number of rotatable bonds is 5. The van der Waals surface area contributed by atoms with Gasteiger partial charge in [-0.15, -0.1) is 11.3 Å². The first-order chi connectivity index (χ1) is 13.2. The second-order valence-corrected chi connectivity index (χ2v) is 7.76. The Labute approximate surface area is 161 Å². The van der Waals surface area contributed by atoms with E-state index in [1.54, 1.807) is 35.5 Å². The molecular weight excluding hydrogens is 362 g/mol. The van der Waals surface area contributed by atoms with Crippen LogP contribution >= 0.6 is 11.3 Å². The summed E-state index contributed by atoms with van der Waals surface area (Å²) in [6.45, 7) is 0.788. The Morgan fingerprint density at radius 1 is 1.30 bits per heavy atom. The van der Waals surface area contributed by atoms with Crippen LogP contribution < -0.4 is 5.32 Å². The molecule has 3 aromatic heterocycles. The average Bonchev–Trinajstić information content (AvgIpc) is 3.33. The molecule has 7 nitrogen and oxygen atoms in total. The van der Waals surface area contributed by atoms with Crippen LogP contribution in [0.5, 0.6) is 0 Å². The largest absolute Gasteiger partial charge is 0.359 e. The van der Waals surface area contributed by atoms with E-state index in [-0.39, 0.29) is 12.6 Å². The molecule has 4 rings (SSSR count). The maximum absolute atomic E-state index is 12.4. The molecule has 1 N–H and O–H groups in total. The zero-order valence-corrected chi connectivity index (χ0v) is 16.0. The molecule has 140 valence electrons. The lowest BCUT2D eigenvalue weighted by atomic mass is 10.0. The summed E-state index contributed by atoms with van der Waals surface area (Å²) in [6, 6.07) is 7.22. The van der Waals surface area contributed by atoms with Crippen molar-refractivity contribution in [2.75, 3.05) is 7.05 Å². The maximum Gasteiger partial charge on any atom is 0.317 e. The molecule has 0 unspecified atom stereocenters. The Morgan fingerprint density at radius 2 is 2.19 bits per heavy atom. The molecule has 0 radical (unpaired) electrons. The molecule has 2 amide bonds. The summed E-state index contributed by atoms with van der Waals surface area (Å²) in [5, 5.41) is 7.86. The van der Waals surface area contributed by atoms with Crippen molar-refractivity contribution in [1.82, 2.24) is 25.3 Å². The molecule has 0 spiro atoms. The Bertz CT molecular complexity index is 898. The van der Waals surface area contributed by atoms with Gasteiger partial charge < -0.3 is 14.7 Å². The van der Waals surface area contributed by atoms with Crippen LogP contribution in [0.25, 0.3) is 11.4 Å². The molecule has 0 aromatic carbocycles. The minimum Gasteiger partial charge on any atom is -0.359 e. The van der Waals surface area contributed by atoms with Crippen molar-refractivity contribution in [3.63, 3.8) is 0 Å². The number of thiazole rings is 1. The molecule has 1 aliphatic rings. The molecule has 1 aliphatic carbocycles. The fraction of sp³-hybridized carbons (Fsp3) is 0.368. The summed E-state index contributed by atoms with van der Waals surface area (Å²) < 4.78 is 5.29. The lowest BCUT2D eigenvalue weighted by Gasteiger charge is -2.15. The summed E-state index contributed by atoms with van der Waals surface area (Å²) in [4.78, 5) is 24.3. The number of carbonyl (C=O) groups is 1. The SMILES string of the molecule is CN(Cc1nc2c(s1)CCCC2)C(=O)NCc1cc(-c2ccccn2)no1. The average molecular weight is 383 g/mol. The minimum absolute atomic E-state index is 0.168. The van der Waals surface area contributed by atoms with Crippen LogP contribution in [0.4, 0.5) is 4.79 Å². The van der Waals surface area contributed by atoms with Crippen LogP contribution in [0, 0.1) is 0 Å². The smallest absolute Gasteiger partial charge is 0.317 e. The predicted molar refractivity (Wildman–Crippen MR) is 102 cm³/mol. The highest BCUT2D eigenvalue weighted by Crippen LogP contribution is 2.27. The topological polar surface area (TPSA) is 84.2 Å². The molecule has 0 saturated carbocycles. The highest BCUT2D eigenvalue weighted by Gasteiger charge is 2.18. The van der Waals surface area contributed by atoms with E-state index >= 15 is 0 Å². The number of carbonyl (C=O) groups excluding carboxylic acids is 1. The van der Waals surface area contributed by atoms with Crippen LogP contribution in [-0.4, -0.2) is 33.1 Å². The normalized spacial score (nSPS) is 13.2. The number of aryl methyl sites for hydroxylation is 2. The zero-order valence-electron chi connectivity index (χ0n) is 15.1. The van der Waals surface area contributed by atoms with Crippen LogP contribution in [-0.2, 0) is 25.9 Å². The molecule has 0 aliphatic heterocycles. The summed E-state index contributed by atoms with van der Waals surface area (Å²) in [7, 11) is 1.77. The Balaban J connectivity index is 1.31. The van der Waals surface area contributed by atoms with Crippen LogP contribution in [0.15, 0.2) is 35.0 Å². The number of aromatic nitrogens is 3. The van der Waals surface area contributed by atoms with E-state index in [1.165, 1.54) is 23.4 Å². The zero-order chi connectivity index (χ0) is 18.6. The fourth-order valence-electron chi connectivity index (χ4n) is 3.08. The van der Waals surface area contributed by atoms with Crippen molar-refractivity contribution in [1.29, 1.82) is 0 Å². The van der Waals surface area contributed by atoms with Gasteiger partial charge in [0.1, 0.15) is 10.7 Å². The Morgan fingerprint density at radius 3 is 3.00 bits per heavy atom. The number of hydrogen-bond donors (Lipinski definition) is 1. The Hall–Kier alpha value is -2.74. The van der Waals surface area contributed by atoms with Gasteiger partial charge in [-0.3, -0.25) is 4.98 Å². The van der Waals surface area contributed by atoms with E-state index in [0.29, 0.717) is 18.0 Å². The number of pyridine rings is 1. The van der Waals surface area contributed by atoms with Crippen LogP contribution in [0.3, 0.4) is 0 Å². The van der Waals surface area contributed by atoms with E-state index in [1.807, 2.05) is 18.2 Å². The quantitative estimate of drug-likeness (QED) is 0.730. The van der Waals surface area contributed by atoms with Crippen molar-refractivity contribution < 1.29 is 9.32 Å². The van der Waals surface area contributed by atoms with Crippen LogP contribution in [0.2, 0.25) is 0 Å². The number of nitrogens with one attached hydrogen (secondary N) is 1. The highest BCUT2D eigenvalue weighted by atomic mass is 32.1. The van der Waals surface area contributed by atoms with Gasteiger partial charge in [-0.25, -0.2) is 9.78 Å². The van der Waals surface area contributed by atoms with Crippen molar-refractivity contribution in [2.45, 2.75) is 38.8 Å². The first-order valence-corrected chi connectivity index (χ1v) is 9.84. The van der Waals surface area contributed by atoms with Gasteiger partial charge in [-0.05, 0) is 37.8 Å². The molecule has 0 fully saturated rings. The number of hydrogen-bond acceptors (Lipinski definition) is 6. The number of nitrogens with zero attached hydrogens (tertiary/aromatic N) is 4. The van der Waals surface area contributed by atoms with Gasteiger partial charge in [-0.1, -0.05) is 11.2 Å². The first-order valence-electron chi connectivity index (χ1n) is 9.02. The van der Waals surface area contributed by atoms with Crippen molar-refractivity contribution >= 4 is 17.4 Å². The van der Waals surface area contributed by atoms with Crippen molar-refractivity contribution in [3.8, 4) is 11.4 Å². The van der Waals surface area contributed by atoms with Crippen molar-refractivity contribution in [2.24, 2.45) is 0 Å². The van der Waals surface area contributed by atoms with E-state index in [9.17, 15) is 4.79 Å². The van der Waals surface area contributed by atoms with E-state index < -0.39 is 0 Å².